The standard InChI is InChI=1S/C41H40N4O/c1-26-18-29(4)40(30(5)19-26)34-21-35(45-32(7)20-31(6)42-45)24-37(23-34)46-36-15-11-14-33(22-36)38-25-44(39-16-8-9-17-43(38)39)41-27(2)12-10-13-28(41)3/h8-25,39H,1-7H3. The van der Waals surface area contributed by atoms with Crippen molar-refractivity contribution in [1.82, 2.24) is 14.7 Å². The Morgan fingerprint density at radius 1 is 0.652 bits per heavy atom. The fraction of sp³-hybridized carbons (Fsp3) is 0.195. The molecule has 2 aliphatic heterocycles. The van der Waals surface area contributed by atoms with Gasteiger partial charge in [0.1, 0.15) is 17.7 Å². The average molecular weight is 605 g/mol. The molecule has 5 heteroatoms. The minimum Gasteiger partial charge on any atom is -0.457 e. The van der Waals surface area contributed by atoms with E-state index in [0.29, 0.717) is 0 Å². The van der Waals surface area contributed by atoms with Gasteiger partial charge in [0.15, 0.2) is 0 Å². The summed E-state index contributed by atoms with van der Waals surface area (Å²) in [6.07, 6.45) is 11.0. The summed E-state index contributed by atoms with van der Waals surface area (Å²) in [6, 6.07) is 28.0. The van der Waals surface area contributed by atoms with Crippen LogP contribution in [0.15, 0.2) is 109 Å². The lowest BCUT2D eigenvalue weighted by Gasteiger charge is -2.33. The van der Waals surface area contributed by atoms with E-state index in [0.717, 1.165) is 45.4 Å². The summed E-state index contributed by atoms with van der Waals surface area (Å²) < 4.78 is 8.71. The van der Waals surface area contributed by atoms with Crippen LogP contribution in [0.4, 0.5) is 5.69 Å². The molecule has 0 saturated heterocycles. The fourth-order valence-electron chi connectivity index (χ4n) is 7.13. The molecule has 0 radical (unpaired) electrons. The topological polar surface area (TPSA) is 33.5 Å². The third kappa shape index (κ3) is 5.32. The number of nitrogens with zero attached hydrogens (tertiary/aromatic N) is 4. The zero-order chi connectivity index (χ0) is 32.1. The van der Waals surface area contributed by atoms with Gasteiger partial charge in [-0.25, -0.2) is 4.68 Å². The first-order valence-corrected chi connectivity index (χ1v) is 15.9. The molecule has 5 aromatic rings. The predicted octanol–water partition coefficient (Wildman–Crippen LogP) is 10.0. The zero-order valence-electron chi connectivity index (χ0n) is 27.7. The normalized spacial score (nSPS) is 15.4. The summed E-state index contributed by atoms with van der Waals surface area (Å²) in [6.45, 7) is 15.0. The van der Waals surface area contributed by atoms with Gasteiger partial charge in [-0.2, -0.15) is 5.10 Å². The molecule has 0 fully saturated rings. The Hall–Kier alpha value is -5.29. The second-order valence-electron chi connectivity index (χ2n) is 12.7. The molecular weight excluding hydrogens is 564 g/mol. The Balaban J connectivity index is 1.29. The van der Waals surface area contributed by atoms with Crippen molar-refractivity contribution >= 4 is 11.4 Å². The van der Waals surface area contributed by atoms with Gasteiger partial charge in [0.05, 0.1) is 17.1 Å². The van der Waals surface area contributed by atoms with Gasteiger partial charge in [0.2, 0.25) is 0 Å². The lowest BCUT2D eigenvalue weighted by atomic mass is 9.93. The number of benzene rings is 4. The van der Waals surface area contributed by atoms with Crippen LogP contribution in [0, 0.1) is 48.5 Å². The molecule has 0 spiro atoms. The zero-order valence-corrected chi connectivity index (χ0v) is 27.7. The highest BCUT2D eigenvalue weighted by Gasteiger charge is 2.33. The van der Waals surface area contributed by atoms with E-state index < -0.39 is 0 Å². The van der Waals surface area contributed by atoms with Crippen LogP contribution in [0.5, 0.6) is 11.5 Å². The van der Waals surface area contributed by atoms with Crippen LogP contribution in [-0.2, 0) is 0 Å². The lowest BCUT2D eigenvalue weighted by molar-refractivity contribution is 0.469. The number of fused-ring (bicyclic) bond motifs is 1. The second-order valence-corrected chi connectivity index (χ2v) is 12.7. The molecule has 1 aromatic heterocycles. The molecule has 0 saturated carbocycles. The van der Waals surface area contributed by atoms with Crippen molar-refractivity contribution < 1.29 is 4.74 Å². The number of para-hydroxylation sites is 1. The smallest absolute Gasteiger partial charge is 0.130 e. The minimum atomic E-state index is 0.0744. The van der Waals surface area contributed by atoms with Crippen LogP contribution < -0.4 is 9.64 Å². The molecule has 0 amide bonds. The van der Waals surface area contributed by atoms with E-state index in [2.05, 4.69) is 155 Å². The lowest BCUT2D eigenvalue weighted by Crippen LogP contribution is -2.36. The van der Waals surface area contributed by atoms with Crippen LogP contribution in [0.25, 0.3) is 22.5 Å². The molecule has 3 heterocycles. The van der Waals surface area contributed by atoms with Gasteiger partial charge in [0.25, 0.3) is 0 Å². The summed E-state index contributed by atoms with van der Waals surface area (Å²) in [5.74, 6) is 1.55. The molecule has 0 bridgehead atoms. The number of hydrogen-bond donors (Lipinski definition) is 0. The maximum atomic E-state index is 6.71. The van der Waals surface area contributed by atoms with Crippen molar-refractivity contribution in [3.05, 3.63) is 154 Å². The number of aryl methyl sites for hydroxylation is 7. The van der Waals surface area contributed by atoms with Crippen molar-refractivity contribution in [2.75, 3.05) is 4.90 Å². The number of anilines is 1. The van der Waals surface area contributed by atoms with Gasteiger partial charge >= 0.3 is 0 Å². The van der Waals surface area contributed by atoms with Gasteiger partial charge in [-0.15, -0.1) is 0 Å². The van der Waals surface area contributed by atoms with E-state index >= 15 is 0 Å². The molecule has 4 aromatic carbocycles. The average Bonchev–Trinajstić information content (AvgIpc) is 3.56. The Bertz CT molecular complexity index is 2040. The molecular formula is C41H40N4O. The van der Waals surface area contributed by atoms with E-state index in [-0.39, 0.29) is 6.17 Å². The molecule has 230 valence electrons. The monoisotopic (exact) mass is 604 g/mol. The number of aromatic nitrogens is 2. The fourth-order valence-corrected chi connectivity index (χ4v) is 7.13. The summed E-state index contributed by atoms with van der Waals surface area (Å²) in [7, 11) is 0. The highest BCUT2D eigenvalue weighted by Crippen LogP contribution is 2.40. The van der Waals surface area contributed by atoms with Crippen LogP contribution in [0.3, 0.4) is 0 Å². The molecule has 2 aliphatic rings. The maximum absolute atomic E-state index is 6.71. The van der Waals surface area contributed by atoms with E-state index in [1.54, 1.807) is 0 Å². The Morgan fingerprint density at radius 3 is 2.09 bits per heavy atom. The minimum absolute atomic E-state index is 0.0744. The molecule has 1 unspecified atom stereocenters. The third-order valence-corrected chi connectivity index (χ3v) is 8.92. The van der Waals surface area contributed by atoms with E-state index in [1.165, 1.54) is 39.1 Å². The molecule has 5 nitrogen and oxygen atoms in total. The van der Waals surface area contributed by atoms with E-state index in [1.807, 2.05) is 17.7 Å². The Labute approximate surface area is 272 Å². The van der Waals surface area contributed by atoms with Crippen molar-refractivity contribution in [2.45, 2.75) is 54.6 Å². The Morgan fingerprint density at radius 2 is 1.37 bits per heavy atom. The van der Waals surface area contributed by atoms with Crippen LogP contribution in [0.2, 0.25) is 0 Å². The van der Waals surface area contributed by atoms with Crippen molar-refractivity contribution in [3.63, 3.8) is 0 Å². The van der Waals surface area contributed by atoms with Crippen LogP contribution >= 0.6 is 0 Å². The van der Waals surface area contributed by atoms with Crippen molar-refractivity contribution in [2.24, 2.45) is 0 Å². The number of rotatable bonds is 6. The highest BCUT2D eigenvalue weighted by molar-refractivity contribution is 5.78. The quantitative estimate of drug-likeness (QED) is 0.193. The number of allylic oxidation sites excluding steroid dienone is 2. The molecule has 0 aliphatic carbocycles. The van der Waals surface area contributed by atoms with Crippen molar-refractivity contribution in [1.29, 1.82) is 0 Å². The van der Waals surface area contributed by atoms with Gasteiger partial charge in [-0.1, -0.05) is 54.1 Å². The van der Waals surface area contributed by atoms with Crippen molar-refractivity contribution in [3.8, 4) is 28.3 Å². The first-order valence-electron chi connectivity index (χ1n) is 15.9. The summed E-state index contributed by atoms with van der Waals surface area (Å²) in [4.78, 5) is 4.71. The first-order chi connectivity index (χ1) is 22.2. The summed E-state index contributed by atoms with van der Waals surface area (Å²) in [5.41, 5.74) is 15.1. The molecule has 46 heavy (non-hydrogen) atoms. The van der Waals surface area contributed by atoms with Gasteiger partial charge in [-0.05, 0) is 124 Å². The van der Waals surface area contributed by atoms with Gasteiger partial charge < -0.3 is 14.5 Å². The SMILES string of the molecule is Cc1cc(C)c(-c2cc(Oc3cccc(C4=CN(c5c(C)cccc5C)C5C=CC=CN45)c3)cc(-n3nc(C)cc3C)c2)c(C)c1. The third-order valence-electron chi connectivity index (χ3n) is 8.92. The number of hydrogen-bond acceptors (Lipinski definition) is 4. The summed E-state index contributed by atoms with van der Waals surface area (Å²) >= 11 is 0. The van der Waals surface area contributed by atoms with E-state index in [4.69, 9.17) is 9.84 Å². The van der Waals surface area contributed by atoms with Crippen LogP contribution in [-0.4, -0.2) is 20.8 Å². The van der Waals surface area contributed by atoms with E-state index in [9.17, 15) is 0 Å². The second kappa shape index (κ2) is 11.6. The van der Waals surface area contributed by atoms with Gasteiger partial charge in [0, 0.05) is 35.4 Å². The predicted molar refractivity (Wildman–Crippen MR) is 189 cm³/mol. The molecule has 7 rings (SSSR count). The first kappa shape index (κ1) is 29.4. The number of ether oxygens (including phenoxy) is 1. The molecule has 1 atom stereocenters. The largest absolute Gasteiger partial charge is 0.457 e. The molecule has 0 N–H and O–H groups in total. The van der Waals surface area contributed by atoms with Crippen LogP contribution in [0.1, 0.15) is 44.8 Å². The highest BCUT2D eigenvalue weighted by atomic mass is 16.5. The van der Waals surface area contributed by atoms with Gasteiger partial charge in [-0.3, -0.25) is 0 Å². The Kier molecular flexibility index (Phi) is 7.40. The maximum Gasteiger partial charge on any atom is 0.130 e. The summed E-state index contributed by atoms with van der Waals surface area (Å²) in [5, 5.41) is 4.80.